The Labute approximate surface area is 159 Å². The third kappa shape index (κ3) is 3.82. The molecule has 7 heteroatoms. The number of likely N-dealkylation sites (N-methyl/N-ethyl adjacent to an activating group) is 1. The van der Waals surface area contributed by atoms with Crippen molar-refractivity contribution in [2.75, 3.05) is 29.9 Å². The molecule has 2 unspecified atom stereocenters. The summed E-state index contributed by atoms with van der Waals surface area (Å²) >= 11 is 0. The van der Waals surface area contributed by atoms with Crippen LogP contribution in [0.15, 0.2) is 30.6 Å². The van der Waals surface area contributed by atoms with Crippen LogP contribution in [0.25, 0.3) is 11.1 Å². The molecule has 144 valence electrons. The molecule has 0 aliphatic carbocycles. The van der Waals surface area contributed by atoms with Crippen LogP contribution in [0.5, 0.6) is 0 Å². The van der Waals surface area contributed by atoms with E-state index >= 15 is 0 Å². The summed E-state index contributed by atoms with van der Waals surface area (Å²) in [4.78, 5) is 26.0. The average molecular weight is 369 g/mol. The van der Waals surface area contributed by atoms with Gasteiger partial charge in [-0.05, 0) is 37.5 Å². The van der Waals surface area contributed by atoms with Gasteiger partial charge in [0.2, 0.25) is 12.8 Å². The number of hydrogen-bond acceptors (Lipinski definition) is 4. The van der Waals surface area contributed by atoms with Gasteiger partial charge in [-0.3, -0.25) is 14.3 Å². The van der Waals surface area contributed by atoms with Gasteiger partial charge in [-0.1, -0.05) is 13.0 Å². The molecule has 1 aliphatic rings. The summed E-state index contributed by atoms with van der Waals surface area (Å²) in [6, 6.07) is 6.72. The molecule has 7 nitrogen and oxygen atoms in total. The molecule has 0 radical (unpaired) electrons. The molecule has 2 atom stereocenters. The topological polar surface area (TPSA) is 70.5 Å². The van der Waals surface area contributed by atoms with Gasteiger partial charge in [0.15, 0.2) is 0 Å². The van der Waals surface area contributed by atoms with Gasteiger partial charge in [0.25, 0.3) is 0 Å². The summed E-state index contributed by atoms with van der Waals surface area (Å²) < 4.78 is 1.97. The molecule has 3 rings (SSSR count). The molecule has 27 heavy (non-hydrogen) atoms. The van der Waals surface area contributed by atoms with E-state index in [1.165, 1.54) is 0 Å². The smallest absolute Gasteiger partial charge is 0.214 e. The second kappa shape index (κ2) is 8.24. The number of rotatable bonds is 8. The number of anilines is 2. The Bertz CT molecular complexity index is 803. The molecular formula is C20H27N5O2. The Morgan fingerprint density at radius 3 is 2.81 bits per heavy atom. The molecule has 0 saturated heterocycles. The normalized spacial score (nSPS) is 17.4. The minimum absolute atomic E-state index is 0.238. The SMILES string of the molecule is CCC(CCNC=O)n1cc(-c2ccc3c(c2)N(C=O)CC(C)N3C)cn1. The van der Waals surface area contributed by atoms with Gasteiger partial charge in [-0.15, -0.1) is 0 Å². The highest BCUT2D eigenvalue weighted by atomic mass is 16.1. The monoisotopic (exact) mass is 369 g/mol. The van der Waals surface area contributed by atoms with Crippen LogP contribution in [0.3, 0.4) is 0 Å². The third-order valence-corrected chi connectivity index (χ3v) is 5.40. The lowest BCUT2D eigenvalue weighted by Gasteiger charge is -2.39. The highest BCUT2D eigenvalue weighted by Crippen LogP contribution is 2.37. The van der Waals surface area contributed by atoms with E-state index in [1.807, 2.05) is 17.1 Å². The zero-order valence-electron chi connectivity index (χ0n) is 16.1. The molecule has 0 spiro atoms. The van der Waals surface area contributed by atoms with E-state index in [-0.39, 0.29) is 12.1 Å². The molecule has 0 bridgehead atoms. The summed E-state index contributed by atoms with van der Waals surface area (Å²) in [5.41, 5.74) is 4.05. The quantitative estimate of drug-likeness (QED) is 0.573. The molecule has 1 N–H and O–H groups in total. The summed E-state index contributed by atoms with van der Waals surface area (Å²) in [5.74, 6) is 0. The van der Waals surface area contributed by atoms with E-state index in [4.69, 9.17) is 0 Å². The first-order valence-corrected chi connectivity index (χ1v) is 9.39. The van der Waals surface area contributed by atoms with Crippen LogP contribution >= 0.6 is 0 Å². The molecule has 2 amide bonds. The zero-order valence-corrected chi connectivity index (χ0v) is 16.1. The fourth-order valence-corrected chi connectivity index (χ4v) is 3.59. The van der Waals surface area contributed by atoms with Crippen LogP contribution in [0.4, 0.5) is 11.4 Å². The van der Waals surface area contributed by atoms with Crippen molar-refractivity contribution in [1.82, 2.24) is 15.1 Å². The van der Waals surface area contributed by atoms with Gasteiger partial charge in [0, 0.05) is 37.9 Å². The number of aromatic nitrogens is 2. The highest BCUT2D eigenvalue weighted by molar-refractivity contribution is 5.89. The predicted octanol–water partition coefficient (Wildman–Crippen LogP) is 2.44. The molecule has 2 heterocycles. The molecule has 2 aromatic rings. The van der Waals surface area contributed by atoms with Gasteiger partial charge in [-0.25, -0.2) is 0 Å². The van der Waals surface area contributed by atoms with Crippen molar-refractivity contribution >= 4 is 24.2 Å². The van der Waals surface area contributed by atoms with Crippen LogP contribution in [0.1, 0.15) is 32.7 Å². The fourth-order valence-electron chi connectivity index (χ4n) is 3.59. The van der Waals surface area contributed by atoms with Crippen molar-refractivity contribution in [2.24, 2.45) is 0 Å². The van der Waals surface area contributed by atoms with Crippen molar-refractivity contribution in [3.8, 4) is 11.1 Å². The van der Waals surface area contributed by atoms with E-state index in [2.05, 4.69) is 54.4 Å². The number of carbonyl (C=O) groups excluding carboxylic acids is 2. The molecular weight excluding hydrogens is 342 g/mol. The summed E-state index contributed by atoms with van der Waals surface area (Å²) in [5, 5.41) is 7.24. The average Bonchev–Trinajstić information content (AvgIpc) is 3.17. The maximum Gasteiger partial charge on any atom is 0.214 e. The van der Waals surface area contributed by atoms with Crippen molar-refractivity contribution in [3.63, 3.8) is 0 Å². The molecule has 1 aromatic heterocycles. The first kappa shape index (κ1) is 18.9. The largest absolute Gasteiger partial charge is 0.368 e. The van der Waals surface area contributed by atoms with Crippen molar-refractivity contribution in [2.45, 2.75) is 38.8 Å². The summed E-state index contributed by atoms with van der Waals surface area (Å²) in [7, 11) is 2.06. The van der Waals surface area contributed by atoms with Crippen molar-refractivity contribution in [1.29, 1.82) is 0 Å². The number of amides is 2. The van der Waals surface area contributed by atoms with Gasteiger partial charge in [0.05, 0.1) is 23.6 Å². The second-order valence-corrected chi connectivity index (χ2v) is 7.05. The Morgan fingerprint density at radius 1 is 1.30 bits per heavy atom. The fraction of sp³-hybridized carbons (Fsp3) is 0.450. The number of fused-ring (bicyclic) bond motifs is 1. The summed E-state index contributed by atoms with van der Waals surface area (Å²) in [6.07, 6.45) is 7.30. The number of benzene rings is 1. The first-order valence-electron chi connectivity index (χ1n) is 9.39. The van der Waals surface area contributed by atoms with Crippen LogP contribution in [0.2, 0.25) is 0 Å². The van der Waals surface area contributed by atoms with Gasteiger partial charge in [0.1, 0.15) is 0 Å². The Kier molecular flexibility index (Phi) is 5.78. The number of hydrogen-bond donors (Lipinski definition) is 1. The van der Waals surface area contributed by atoms with Crippen LogP contribution in [-0.2, 0) is 9.59 Å². The Balaban J connectivity index is 1.86. The predicted molar refractivity (Wildman–Crippen MR) is 107 cm³/mol. The lowest BCUT2D eigenvalue weighted by Crippen LogP contribution is -2.45. The number of nitrogens with one attached hydrogen (secondary N) is 1. The molecule has 0 saturated carbocycles. The molecule has 1 aliphatic heterocycles. The van der Waals surface area contributed by atoms with E-state index < -0.39 is 0 Å². The minimum atomic E-state index is 0.238. The number of nitrogens with zero attached hydrogens (tertiary/aromatic N) is 4. The standard InChI is InChI=1S/C20H27N5O2/c1-4-18(7-8-21-13-26)25-12-17(10-22-25)16-5-6-19-20(9-16)24(14-27)11-15(2)23(19)3/h5-6,9-10,12-15,18H,4,7-8,11H2,1-3H3,(H,21,26). The lowest BCUT2D eigenvalue weighted by molar-refractivity contribution is -0.109. The minimum Gasteiger partial charge on any atom is -0.368 e. The van der Waals surface area contributed by atoms with E-state index in [0.717, 1.165) is 48.2 Å². The maximum absolute atomic E-state index is 11.5. The Hall–Kier alpha value is -2.83. The van der Waals surface area contributed by atoms with E-state index in [0.29, 0.717) is 13.1 Å². The van der Waals surface area contributed by atoms with Gasteiger partial charge in [-0.2, -0.15) is 5.10 Å². The lowest BCUT2D eigenvalue weighted by atomic mass is 10.0. The first-order chi connectivity index (χ1) is 13.1. The molecule has 1 aromatic carbocycles. The van der Waals surface area contributed by atoms with Crippen LogP contribution < -0.4 is 15.1 Å². The van der Waals surface area contributed by atoms with Crippen molar-refractivity contribution < 1.29 is 9.59 Å². The van der Waals surface area contributed by atoms with Crippen LogP contribution in [-0.4, -0.2) is 48.8 Å². The summed E-state index contributed by atoms with van der Waals surface area (Å²) in [6.45, 7) is 5.54. The second-order valence-electron chi connectivity index (χ2n) is 7.05. The Morgan fingerprint density at radius 2 is 2.11 bits per heavy atom. The van der Waals surface area contributed by atoms with E-state index in [1.54, 1.807) is 4.90 Å². The van der Waals surface area contributed by atoms with Gasteiger partial charge >= 0.3 is 0 Å². The maximum atomic E-state index is 11.5. The van der Waals surface area contributed by atoms with Crippen LogP contribution in [0, 0.1) is 0 Å². The number of carbonyl (C=O) groups is 2. The van der Waals surface area contributed by atoms with Crippen molar-refractivity contribution in [3.05, 3.63) is 30.6 Å². The van der Waals surface area contributed by atoms with E-state index in [9.17, 15) is 9.59 Å². The molecule has 0 fully saturated rings. The zero-order chi connectivity index (χ0) is 19.4. The van der Waals surface area contributed by atoms with Gasteiger partial charge < -0.3 is 15.1 Å². The third-order valence-electron chi connectivity index (χ3n) is 5.40. The highest BCUT2D eigenvalue weighted by Gasteiger charge is 2.26.